The van der Waals surface area contributed by atoms with E-state index >= 15 is 0 Å². The van der Waals surface area contributed by atoms with Crippen molar-refractivity contribution in [1.29, 1.82) is 0 Å². The van der Waals surface area contributed by atoms with Crippen molar-refractivity contribution in [2.45, 2.75) is 19.4 Å². The standard InChI is InChI=1S/C17H19N3O4/c21-16(11-24-10-12-4-5-12)18-9-13-2-1-3-14(8-13)20-7-6-15(19-20)17(22)23/h1-3,6-8,12H,4-5,9-11H2,(H,18,21)(H,22,23). The molecule has 24 heavy (non-hydrogen) atoms. The molecule has 0 unspecified atom stereocenters. The summed E-state index contributed by atoms with van der Waals surface area (Å²) in [6.45, 7) is 1.12. The first-order chi connectivity index (χ1) is 11.6. The van der Waals surface area contributed by atoms with E-state index in [1.165, 1.54) is 23.6 Å². The van der Waals surface area contributed by atoms with Gasteiger partial charge in [0.2, 0.25) is 5.91 Å². The van der Waals surface area contributed by atoms with E-state index in [0.717, 1.165) is 11.3 Å². The minimum atomic E-state index is -1.07. The average Bonchev–Trinajstić information content (AvgIpc) is 3.25. The molecule has 0 bridgehead atoms. The number of ether oxygens (including phenoxy) is 1. The smallest absolute Gasteiger partial charge is 0.356 e. The maximum Gasteiger partial charge on any atom is 0.356 e. The van der Waals surface area contributed by atoms with Crippen molar-refractivity contribution in [2.24, 2.45) is 5.92 Å². The van der Waals surface area contributed by atoms with Gasteiger partial charge in [-0.25, -0.2) is 9.48 Å². The number of carboxylic acid groups (broad SMARTS) is 1. The maximum absolute atomic E-state index is 11.7. The third-order valence-corrected chi connectivity index (χ3v) is 3.76. The number of benzene rings is 1. The summed E-state index contributed by atoms with van der Waals surface area (Å²) in [6.07, 6.45) is 3.99. The zero-order chi connectivity index (χ0) is 16.9. The van der Waals surface area contributed by atoms with Gasteiger partial charge in [0.25, 0.3) is 0 Å². The van der Waals surface area contributed by atoms with E-state index in [2.05, 4.69) is 10.4 Å². The van der Waals surface area contributed by atoms with Crippen molar-refractivity contribution in [3.63, 3.8) is 0 Å². The zero-order valence-electron chi connectivity index (χ0n) is 13.1. The lowest BCUT2D eigenvalue weighted by atomic mass is 10.2. The minimum absolute atomic E-state index is 0.0125. The molecule has 0 radical (unpaired) electrons. The van der Waals surface area contributed by atoms with Crippen molar-refractivity contribution >= 4 is 11.9 Å². The summed E-state index contributed by atoms with van der Waals surface area (Å²) in [5.41, 5.74) is 1.62. The summed E-state index contributed by atoms with van der Waals surface area (Å²) >= 11 is 0. The fourth-order valence-corrected chi connectivity index (χ4v) is 2.25. The van der Waals surface area contributed by atoms with Crippen LogP contribution in [0.4, 0.5) is 0 Å². The van der Waals surface area contributed by atoms with E-state index in [1.807, 2.05) is 24.3 Å². The lowest BCUT2D eigenvalue weighted by molar-refractivity contribution is -0.126. The predicted molar refractivity (Wildman–Crippen MR) is 85.9 cm³/mol. The molecule has 0 aliphatic heterocycles. The normalized spacial score (nSPS) is 13.7. The van der Waals surface area contributed by atoms with Crippen LogP contribution in [0.2, 0.25) is 0 Å². The number of nitrogens with one attached hydrogen (secondary N) is 1. The van der Waals surface area contributed by atoms with Gasteiger partial charge in [0.15, 0.2) is 5.69 Å². The number of aromatic nitrogens is 2. The maximum atomic E-state index is 11.7. The SMILES string of the molecule is O=C(COCC1CC1)NCc1cccc(-n2ccc(C(=O)O)n2)c1. The predicted octanol–water partition coefficient (Wildman–Crippen LogP) is 1.61. The number of carbonyl (C=O) groups excluding carboxylic acids is 1. The highest BCUT2D eigenvalue weighted by atomic mass is 16.5. The van der Waals surface area contributed by atoms with Crippen LogP contribution >= 0.6 is 0 Å². The van der Waals surface area contributed by atoms with Gasteiger partial charge < -0.3 is 15.2 Å². The van der Waals surface area contributed by atoms with E-state index in [-0.39, 0.29) is 18.2 Å². The Morgan fingerprint density at radius 1 is 1.33 bits per heavy atom. The quantitative estimate of drug-likeness (QED) is 0.767. The van der Waals surface area contributed by atoms with Crippen LogP contribution in [-0.2, 0) is 16.1 Å². The molecule has 1 saturated carbocycles. The lowest BCUT2D eigenvalue weighted by Crippen LogP contribution is -2.27. The Balaban J connectivity index is 1.54. The van der Waals surface area contributed by atoms with Crippen LogP contribution in [0, 0.1) is 5.92 Å². The molecular weight excluding hydrogens is 310 g/mol. The van der Waals surface area contributed by atoms with Gasteiger partial charge in [-0.3, -0.25) is 4.79 Å². The number of nitrogens with zero attached hydrogens (tertiary/aromatic N) is 2. The van der Waals surface area contributed by atoms with Gasteiger partial charge >= 0.3 is 5.97 Å². The molecule has 1 fully saturated rings. The molecule has 7 nitrogen and oxygen atoms in total. The Bertz CT molecular complexity index is 737. The molecule has 1 aromatic carbocycles. The van der Waals surface area contributed by atoms with Crippen molar-refractivity contribution in [3.05, 3.63) is 47.8 Å². The van der Waals surface area contributed by atoms with E-state index < -0.39 is 5.97 Å². The Morgan fingerprint density at radius 2 is 2.17 bits per heavy atom. The molecule has 3 rings (SSSR count). The minimum Gasteiger partial charge on any atom is -0.476 e. The molecule has 1 heterocycles. The number of carbonyl (C=O) groups is 2. The first-order valence-electron chi connectivity index (χ1n) is 7.84. The molecule has 0 spiro atoms. The van der Waals surface area contributed by atoms with Crippen LogP contribution in [0.25, 0.3) is 5.69 Å². The molecule has 1 amide bonds. The summed E-state index contributed by atoms with van der Waals surface area (Å²) < 4.78 is 6.84. The summed E-state index contributed by atoms with van der Waals surface area (Å²) in [4.78, 5) is 22.6. The molecule has 0 saturated heterocycles. The van der Waals surface area contributed by atoms with Crippen LogP contribution in [0.15, 0.2) is 36.5 Å². The van der Waals surface area contributed by atoms with E-state index in [4.69, 9.17) is 9.84 Å². The van der Waals surface area contributed by atoms with Gasteiger partial charge in [-0.15, -0.1) is 0 Å². The van der Waals surface area contributed by atoms with Crippen LogP contribution in [0.1, 0.15) is 28.9 Å². The first kappa shape index (κ1) is 16.2. The molecule has 2 aromatic rings. The largest absolute Gasteiger partial charge is 0.476 e. The third kappa shape index (κ3) is 4.42. The first-order valence-corrected chi connectivity index (χ1v) is 7.84. The Morgan fingerprint density at radius 3 is 2.88 bits per heavy atom. The summed E-state index contributed by atoms with van der Waals surface area (Å²) in [6, 6.07) is 8.83. The Labute approximate surface area is 139 Å². The number of rotatable bonds is 8. The van der Waals surface area contributed by atoms with Crippen molar-refractivity contribution in [3.8, 4) is 5.69 Å². The number of hydrogen-bond acceptors (Lipinski definition) is 4. The Hall–Kier alpha value is -2.67. The van der Waals surface area contributed by atoms with Gasteiger partial charge in [0.1, 0.15) is 6.61 Å². The van der Waals surface area contributed by atoms with Crippen LogP contribution in [0.5, 0.6) is 0 Å². The molecule has 7 heteroatoms. The molecule has 1 aliphatic rings. The van der Waals surface area contributed by atoms with E-state index in [9.17, 15) is 9.59 Å². The fraction of sp³-hybridized carbons (Fsp3) is 0.353. The van der Waals surface area contributed by atoms with E-state index in [1.54, 1.807) is 6.20 Å². The highest BCUT2D eigenvalue weighted by Gasteiger charge is 2.21. The van der Waals surface area contributed by atoms with Gasteiger partial charge in [-0.1, -0.05) is 12.1 Å². The zero-order valence-corrected chi connectivity index (χ0v) is 13.1. The number of carboxylic acids is 1. The van der Waals surface area contributed by atoms with Crippen LogP contribution in [0.3, 0.4) is 0 Å². The molecule has 1 aromatic heterocycles. The summed E-state index contributed by atoms with van der Waals surface area (Å²) in [5, 5.41) is 15.7. The van der Waals surface area contributed by atoms with Crippen LogP contribution in [-0.4, -0.2) is 40.0 Å². The molecular formula is C17H19N3O4. The Kier molecular flexibility index (Phi) is 4.90. The number of aromatic carboxylic acids is 1. The number of amides is 1. The second-order valence-electron chi connectivity index (χ2n) is 5.86. The lowest BCUT2D eigenvalue weighted by Gasteiger charge is -2.08. The van der Waals surface area contributed by atoms with Crippen molar-refractivity contribution in [1.82, 2.24) is 15.1 Å². The van der Waals surface area contributed by atoms with Crippen molar-refractivity contribution in [2.75, 3.05) is 13.2 Å². The second-order valence-corrected chi connectivity index (χ2v) is 5.86. The van der Waals surface area contributed by atoms with Gasteiger partial charge in [-0.2, -0.15) is 5.10 Å². The monoisotopic (exact) mass is 329 g/mol. The number of hydrogen-bond donors (Lipinski definition) is 2. The highest BCUT2D eigenvalue weighted by molar-refractivity contribution is 5.85. The van der Waals surface area contributed by atoms with Crippen molar-refractivity contribution < 1.29 is 19.4 Å². The molecule has 1 aliphatic carbocycles. The highest BCUT2D eigenvalue weighted by Crippen LogP contribution is 2.28. The molecule has 2 N–H and O–H groups in total. The van der Waals surface area contributed by atoms with Gasteiger partial charge in [-0.05, 0) is 42.5 Å². The molecule has 0 atom stereocenters. The second kappa shape index (κ2) is 7.27. The van der Waals surface area contributed by atoms with Crippen LogP contribution < -0.4 is 5.32 Å². The topological polar surface area (TPSA) is 93.5 Å². The molecule has 126 valence electrons. The van der Waals surface area contributed by atoms with Gasteiger partial charge in [0.05, 0.1) is 12.3 Å². The summed E-state index contributed by atoms with van der Waals surface area (Å²) in [5.74, 6) is -0.573. The fourth-order valence-electron chi connectivity index (χ4n) is 2.25. The average molecular weight is 329 g/mol. The van der Waals surface area contributed by atoms with E-state index in [0.29, 0.717) is 19.1 Å². The third-order valence-electron chi connectivity index (χ3n) is 3.76. The van der Waals surface area contributed by atoms with Gasteiger partial charge in [0, 0.05) is 12.7 Å². The summed E-state index contributed by atoms with van der Waals surface area (Å²) in [7, 11) is 0.